The van der Waals surface area contributed by atoms with Gasteiger partial charge in [-0.15, -0.1) is 0 Å². The van der Waals surface area contributed by atoms with Gasteiger partial charge in [0.05, 0.1) is 0 Å². The van der Waals surface area contributed by atoms with Gasteiger partial charge in [-0.1, -0.05) is 6.07 Å². The molecule has 1 fully saturated rings. The summed E-state index contributed by atoms with van der Waals surface area (Å²) in [5.41, 5.74) is -0.0242. The number of nitrogens with one attached hydrogen (secondary N) is 1. The Kier molecular flexibility index (Phi) is 7.40. The fraction of sp³-hybridized carbons (Fsp3) is 0.400. The lowest BCUT2D eigenvalue weighted by atomic mass is 10.2. The number of carbonyl (C=O) groups is 1. The Morgan fingerprint density at radius 2 is 2.28 bits per heavy atom. The van der Waals surface area contributed by atoms with E-state index in [9.17, 15) is 14.3 Å². The van der Waals surface area contributed by atoms with Crippen LogP contribution in [0.4, 0.5) is 10.1 Å². The second kappa shape index (κ2) is 10.00. The number of benzene rings is 1. The van der Waals surface area contributed by atoms with Crippen LogP contribution < -0.4 is 14.8 Å². The van der Waals surface area contributed by atoms with Gasteiger partial charge in [0.2, 0.25) is 11.8 Å². The Labute approximate surface area is 177 Å². The van der Waals surface area contributed by atoms with Crippen molar-refractivity contribution in [1.29, 1.82) is 0 Å². The van der Waals surface area contributed by atoms with Gasteiger partial charge in [-0.05, 0) is 40.5 Å². The molecule has 2 heterocycles. The Hall–Kier alpha value is -2.23. The van der Waals surface area contributed by atoms with E-state index in [0.29, 0.717) is 19.0 Å². The smallest absolute Gasteiger partial charge is 0.221 e. The number of amides is 1. The third-order valence-corrected chi connectivity index (χ3v) is 4.86. The van der Waals surface area contributed by atoms with E-state index in [1.807, 2.05) is 6.07 Å². The number of carbonyl (C=O) groups excluding carboxylic acids is 1. The molecule has 29 heavy (non-hydrogen) atoms. The van der Waals surface area contributed by atoms with Gasteiger partial charge >= 0.3 is 0 Å². The molecule has 1 amide bonds. The highest BCUT2D eigenvalue weighted by Gasteiger charge is 2.26. The molecule has 2 N–H and O–H groups in total. The van der Waals surface area contributed by atoms with E-state index in [-0.39, 0.29) is 24.1 Å². The lowest BCUT2D eigenvalue weighted by Crippen LogP contribution is -2.35. The summed E-state index contributed by atoms with van der Waals surface area (Å²) < 4.78 is 26.2. The molecule has 0 aliphatic carbocycles. The molecule has 1 saturated heterocycles. The van der Waals surface area contributed by atoms with Crippen LogP contribution in [0.1, 0.15) is 13.3 Å². The summed E-state index contributed by atoms with van der Waals surface area (Å²) in [6.07, 6.45) is 1.76. The maximum absolute atomic E-state index is 13.9. The standard InChI is InChI=1S/C20H23BrFN3O4/c1-13(26)24-20-17(22)3-2-4-18(20)28-12-15(27)10-25-8-7-16(11-25)29-19-6-5-14(21)9-23-19/h2-6,9,15-16,27H,7-8,10-12H2,1H3,(H,24,26). The number of nitrogens with zero attached hydrogens (tertiary/aromatic N) is 2. The number of aromatic nitrogens is 1. The van der Waals surface area contributed by atoms with E-state index >= 15 is 0 Å². The fourth-order valence-electron chi connectivity index (χ4n) is 3.12. The first kappa shape index (κ1) is 21.5. The first-order chi connectivity index (χ1) is 13.9. The lowest BCUT2D eigenvalue weighted by Gasteiger charge is -2.21. The van der Waals surface area contributed by atoms with Crippen LogP contribution in [-0.2, 0) is 4.79 Å². The molecule has 2 aromatic rings. The summed E-state index contributed by atoms with van der Waals surface area (Å²) in [6, 6.07) is 7.95. The number of rotatable bonds is 8. The van der Waals surface area contributed by atoms with Gasteiger partial charge in [-0.3, -0.25) is 9.69 Å². The van der Waals surface area contributed by atoms with Crippen molar-refractivity contribution in [2.24, 2.45) is 0 Å². The van der Waals surface area contributed by atoms with Crippen LogP contribution in [0.2, 0.25) is 0 Å². The van der Waals surface area contributed by atoms with Gasteiger partial charge in [-0.2, -0.15) is 0 Å². The summed E-state index contributed by atoms with van der Waals surface area (Å²) in [5.74, 6) is -0.235. The Balaban J connectivity index is 1.47. The normalized spacial score (nSPS) is 17.7. The molecule has 2 atom stereocenters. The molecule has 2 unspecified atom stereocenters. The largest absolute Gasteiger partial charge is 0.489 e. The van der Waals surface area contributed by atoms with Gasteiger partial charge in [0.1, 0.15) is 30.3 Å². The van der Waals surface area contributed by atoms with E-state index in [1.165, 1.54) is 19.1 Å². The second-order valence-electron chi connectivity index (χ2n) is 6.86. The van der Waals surface area contributed by atoms with Gasteiger partial charge in [-0.25, -0.2) is 9.37 Å². The Bertz CT molecular complexity index is 837. The Morgan fingerprint density at radius 1 is 1.45 bits per heavy atom. The highest BCUT2D eigenvalue weighted by molar-refractivity contribution is 9.10. The molecule has 1 aliphatic rings. The van der Waals surface area contributed by atoms with Crippen molar-refractivity contribution in [3.8, 4) is 11.6 Å². The molecule has 1 aromatic carbocycles. The maximum atomic E-state index is 13.9. The first-order valence-electron chi connectivity index (χ1n) is 9.28. The van der Waals surface area contributed by atoms with Gasteiger partial charge in [0.25, 0.3) is 0 Å². The van der Waals surface area contributed by atoms with Crippen molar-refractivity contribution >= 4 is 27.5 Å². The number of likely N-dealkylation sites (tertiary alicyclic amines) is 1. The summed E-state index contributed by atoms with van der Waals surface area (Å²) in [6.45, 7) is 3.13. The van der Waals surface area contributed by atoms with E-state index in [4.69, 9.17) is 9.47 Å². The maximum Gasteiger partial charge on any atom is 0.221 e. The molecule has 0 bridgehead atoms. The van der Waals surface area contributed by atoms with Crippen LogP contribution in [0, 0.1) is 5.82 Å². The minimum Gasteiger partial charge on any atom is -0.489 e. The minimum absolute atomic E-state index is 0.00591. The molecule has 9 heteroatoms. The van der Waals surface area contributed by atoms with E-state index in [1.54, 1.807) is 18.3 Å². The van der Waals surface area contributed by atoms with Crippen molar-refractivity contribution in [3.63, 3.8) is 0 Å². The van der Waals surface area contributed by atoms with E-state index in [2.05, 4.69) is 31.1 Å². The summed E-state index contributed by atoms with van der Waals surface area (Å²) in [4.78, 5) is 17.5. The number of aliphatic hydroxyl groups excluding tert-OH is 1. The summed E-state index contributed by atoms with van der Waals surface area (Å²) in [7, 11) is 0. The average molecular weight is 468 g/mol. The number of para-hydroxylation sites is 1. The molecular formula is C20H23BrFN3O4. The van der Waals surface area contributed by atoms with Crippen molar-refractivity contribution in [2.45, 2.75) is 25.6 Å². The SMILES string of the molecule is CC(=O)Nc1c(F)cccc1OCC(O)CN1CCC(Oc2ccc(Br)cn2)C1. The lowest BCUT2D eigenvalue weighted by molar-refractivity contribution is -0.114. The zero-order valence-electron chi connectivity index (χ0n) is 16.0. The number of ether oxygens (including phenoxy) is 2. The number of β-amino-alcohol motifs (C(OH)–C–C–N with tert-alkyl or cyclic N) is 1. The average Bonchev–Trinajstić information content (AvgIpc) is 3.10. The number of hydrogen-bond donors (Lipinski definition) is 2. The van der Waals surface area contributed by atoms with Crippen LogP contribution >= 0.6 is 15.9 Å². The fourth-order valence-corrected chi connectivity index (χ4v) is 3.36. The van der Waals surface area contributed by atoms with Crippen molar-refractivity contribution in [2.75, 3.05) is 31.6 Å². The third-order valence-electron chi connectivity index (χ3n) is 4.39. The molecule has 0 spiro atoms. The molecule has 1 aromatic heterocycles. The first-order valence-corrected chi connectivity index (χ1v) is 10.1. The van der Waals surface area contributed by atoms with Gasteiger partial charge < -0.3 is 19.9 Å². The van der Waals surface area contributed by atoms with E-state index in [0.717, 1.165) is 17.4 Å². The molecule has 0 saturated carbocycles. The van der Waals surface area contributed by atoms with Crippen LogP contribution in [0.5, 0.6) is 11.6 Å². The van der Waals surface area contributed by atoms with Gasteiger partial charge in [0, 0.05) is 43.3 Å². The topological polar surface area (TPSA) is 83.9 Å². The van der Waals surface area contributed by atoms with Crippen molar-refractivity contribution < 1.29 is 23.8 Å². The highest BCUT2D eigenvalue weighted by Crippen LogP contribution is 2.27. The van der Waals surface area contributed by atoms with Crippen molar-refractivity contribution in [1.82, 2.24) is 9.88 Å². The summed E-state index contributed by atoms with van der Waals surface area (Å²) >= 11 is 3.34. The zero-order chi connectivity index (χ0) is 20.8. The molecule has 0 radical (unpaired) electrons. The molecule has 156 valence electrons. The van der Waals surface area contributed by atoms with E-state index < -0.39 is 17.8 Å². The Morgan fingerprint density at radius 3 is 3.00 bits per heavy atom. The molecule has 3 rings (SSSR count). The molecule has 7 nitrogen and oxygen atoms in total. The van der Waals surface area contributed by atoms with Crippen molar-refractivity contribution in [3.05, 3.63) is 46.8 Å². The van der Waals surface area contributed by atoms with Gasteiger partial charge in [0.15, 0.2) is 5.82 Å². The predicted octanol–water partition coefficient (Wildman–Crippen LogP) is 2.83. The number of anilines is 1. The van der Waals surface area contributed by atoms with Crippen LogP contribution in [-0.4, -0.2) is 59.3 Å². The predicted molar refractivity (Wildman–Crippen MR) is 110 cm³/mol. The number of aliphatic hydroxyl groups is 1. The monoisotopic (exact) mass is 467 g/mol. The molecular weight excluding hydrogens is 445 g/mol. The minimum atomic E-state index is -0.770. The van der Waals surface area contributed by atoms with Crippen LogP contribution in [0.15, 0.2) is 41.0 Å². The second-order valence-corrected chi connectivity index (χ2v) is 7.78. The number of hydrogen-bond acceptors (Lipinski definition) is 6. The number of pyridine rings is 1. The summed E-state index contributed by atoms with van der Waals surface area (Å²) in [5, 5.41) is 12.7. The quantitative estimate of drug-likeness (QED) is 0.620. The zero-order valence-corrected chi connectivity index (χ0v) is 17.6. The number of halogens is 2. The highest BCUT2D eigenvalue weighted by atomic mass is 79.9. The molecule has 1 aliphatic heterocycles. The van der Waals surface area contributed by atoms with Crippen LogP contribution in [0.25, 0.3) is 0 Å². The van der Waals surface area contributed by atoms with Crippen LogP contribution in [0.3, 0.4) is 0 Å². The third kappa shape index (κ3) is 6.38.